The number of hydrogen-bond donors (Lipinski definition) is 1. The average molecular weight is 220 g/mol. The SMILES string of the molecule is Nc1ccc(Sc2ccc(F)cc2)nc1. The molecule has 0 aliphatic carbocycles. The quantitative estimate of drug-likeness (QED) is 0.845. The van der Waals surface area contributed by atoms with Gasteiger partial charge in [0.25, 0.3) is 0 Å². The molecule has 0 atom stereocenters. The minimum absolute atomic E-state index is 0.232. The third-order valence-corrected chi connectivity index (χ3v) is 2.75. The summed E-state index contributed by atoms with van der Waals surface area (Å²) in [5.41, 5.74) is 6.16. The summed E-state index contributed by atoms with van der Waals surface area (Å²) in [6.45, 7) is 0. The lowest BCUT2D eigenvalue weighted by Crippen LogP contribution is -1.86. The molecule has 2 nitrogen and oxygen atoms in total. The predicted molar refractivity (Wildman–Crippen MR) is 59.2 cm³/mol. The Balaban J connectivity index is 2.15. The summed E-state index contributed by atoms with van der Waals surface area (Å²) in [7, 11) is 0. The lowest BCUT2D eigenvalue weighted by Gasteiger charge is -2.00. The maximum Gasteiger partial charge on any atom is 0.123 e. The van der Waals surface area contributed by atoms with Crippen molar-refractivity contribution >= 4 is 17.4 Å². The molecule has 2 N–H and O–H groups in total. The molecular formula is C11H9FN2S. The van der Waals surface area contributed by atoms with Crippen LogP contribution in [0.25, 0.3) is 0 Å². The summed E-state index contributed by atoms with van der Waals surface area (Å²) >= 11 is 1.47. The second-order valence-corrected chi connectivity index (χ2v) is 4.08. The normalized spacial score (nSPS) is 10.2. The van der Waals surface area contributed by atoms with Crippen molar-refractivity contribution in [3.05, 3.63) is 48.4 Å². The van der Waals surface area contributed by atoms with Crippen molar-refractivity contribution in [2.75, 3.05) is 5.73 Å². The molecule has 2 aromatic rings. The lowest BCUT2D eigenvalue weighted by atomic mass is 10.4. The van der Waals surface area contributed by atoms with E-state index in [4.69, 9.17) is 5.73 Å². The monoisotopic (exact) mass is 220 g/mol. The number of nitrogens with zero attached hydrogens (tertiary/aromatic N) is 1. The molecular weight excluding hydrogens is 211 g/mol. The van der Waals surface area contributed by atoms with Gasteiger partial charge < -0.3 is 5.73 Å². The second kappa shape index (κ2) is 4.31. The Bertz CT molecular complexity index is 396. The molecule has 0 saturated carbocycles. The Morgan fingerprint density at radius 1 is 1.07 bits per heavy atom. The zero-order chi connectivity index (χ0) is 10.7. The third kappa shape index (κ3) is 2.70. The molecule has 0 radical (unpaired) electrons. The third-order valence-electron chi connectivity index (χ3n) is 1.80. The molecule has 0 spiro atoms. The van der Waals surface area contributed by atoms with Crippen LogP contribution in [-0.4, -0.2) is 4.98 Å². The Labute approximate surface area is 91.3 Å². The van der Waals surface area contributed by atoms with E-state index in [1.54, 1.807) is 24.4 Å². The van der Waals surface area contributed by atoms with Gasteiger partial charge in [-0.15, -0.1) is 0 Å². The van der Waals surface area contributed by atoms with Gasteiger partial charge >= 0.3 is 0 Å². The van der Waals surface area contributed by atoms with Gasteiger partial charge in [0.05, 0.1) is 11.9 Å². The van der Waals surface area contributed by atoms with E-state index in [-0.39, 0.29) is 5.82 Å². The highest BCUT2D eigenvalue weighted by Crippen LogP contribution is 2.25. The fraction of sp³-hybridized carbons (Fsp3) is 0. The van der Waals surface area contributed by atoms with Crippen LogP contribution in [0.1, 0.15) is 0 Å². The first-order chi connectivity index (χ1) is 7.24. The highest BCUT2D eigenvalue weighted by atomic mass is 32.2. The van der Waals surface area contributed by atoms with Crippen molar-refractivity contribution in [3.8, 4) is 0 Å². The summed E-state index contributed by atoms with van der Waals surface area (Å²) in [5.74, 6) is -0.232. The summed E-state index contributed by atoms with van der Waals surface area (Å²) < 4.78 is 12.6. The van der Waals surface area contributed by atoms with Crippen LogP contribution in [0.2, 0.25) is 0 Å². The first kappa shape index (κ1) is 9.98. The van der Waals surface area contributed by atoms with Crippen LogP contribution < -0.4 is 5.73 Å². The number of anilines is 1. The van der Waals surface area contributed by atoms with Crippen molar-refractivity contribution in [3.63, 3.8) is 0 Å². The highest BCUT2D eigenvalue weighted by molar-refractivity contribution is 7.99. The molecule has 0 saturated heterocycles. The molecule has 1 aromatic carbocycles. The topological polar surface area (TPSA) is 38.9 Å². The van der Waals surface area contributed by atoms with E-state index >= 15 is 0 Å². The van der Waals surface area contributed by atoms with Crippen LogP contribution in [-0.2, 0) is 0 Å². The minimum Gasteiger partial charge on any atom is -0.397 e. The summed E-state index contributed by atoms with van der Waals surface area (Å²) in [6, 6.07) is 9.93. The largest absolute Gasteiger partial charge is 0.397 e. The maximum atomic E-state index is 12.6. The predicted octanol–water partition coefficient (Wildman–Crippen LogP) is 2.95. The average Bonchev–Trinajstić information content (AvgIpc) is 2.25. The van der Waals surface area contributed by atoms with Crippen LogP contribution in [0.4, 0.5) is 10.1 Å². The number of nitrogen functional groups attached to an aromatic ring is 1. The number of rotatable bonds is 2. The number of hydrogen-bond acceptors (Lipinski definition) is 3. The molecule has 0 fully saturated rings. The van der Waals surface area contributed by atoms with Crippen LogP contribution in [0.3, 0.4) is 0 Å². The Hall–Kier alpha value is -1.55. The molecule has 0 amide bonds. The van der Waals surface area contributed by atoms with E-state index in [0.29, 0.717) is 5.69 Å². The molecule has 0 bridgehead atoms. The first-order valence-electron chi connectivity index (χ1n) is 4.39. The molecule has 4 heteroatoms. The highest BCUT2D eigenvalue weighted by Gasteiger charge is 1.98. The van der Waals surface area contributed by atoms with Gasteiger partial charge in [0.2, 0.25) is 0 Å². The van der Waals surface area contributed by atoms with Gasteiger partial charge in [0, 0.05) is 4.90 Å². The van der Waals surface area contributed by atoms with Gasteiger partial charge in [-0.2, -0.15) is 0 Å². The van der Waals surface area contributed by atoms with Crippen molar-refractivity contribution in [1.29, 1.82) is 0 Å². The Kier molecular flexibility index (Phi) is 2.87. The number of halogens is 1. The van der Waals surface area contributed by atoms with E-state index < -0.39 is 0 Å². The van der Waals surface area contributed by atoms with Gasteiger partial charge in [0.15, 0.2) is 0 Å². The summed E-state index contributed by atoms with van der Waals surface area (Å²) in [4.78, 5) is 5.09. The molecule has 1 heterocycles. The zero-order valence-electron chi connectivity index (χ0n) is 7.85. The maximum absolute atomic E-state index is 12.6. The van der Waals surface area contributed by atoms with E-state index in [9.17, 15) is 4.39 Å². The number of benzene rings is 1. The molecule has 0 aliphatic heterocycles. The fourth-order valence-corrected chi connectivity index (χ4v) is 1.83. The number of aromatic nitrogens is 1. The molecule has 0 aliphatic rings. The Morgan fingerprint density at radius 3 is 2.40 bits per heavy atom. The fourth-order valence-electron chi connectivity index (χ4n) is 1.08. The van der Waals surface area contributed by atoms with E-state index in [2.05, 4.69) is 4.98 Å². The number of pyridine rings is 1. The lowest BCUT2D eigenvalue weighted by molar-refractivity contribution is 0.626. The zero-order valence-corrected chi connectivity index (χ0v) is 8.67. The standard InChI is InChI=1S/C11H9FN2S/c12-8-1-4-10(5-2-8)15-11-6-3-9(13)7-14-11/h1-7H,13H2. The van der Waals surface area contributed by atoms with Crippen LogP contribution in [0, 0.1) is 5.82 Å². The van der Waals surface area contributed by atoms with Crippen molar-refractivity contribution in [1.82, 2.24) is 4.98 Å². The van der Waals surface area contributed by atoms with Crippen LogP contribution >= 0.6 is 11.8 Å². The van der Waals surface area contributed by atoms with Crippen LogP contribution in [0.5, 0.6) is 0 Å². The molecule has 1 aromatic heterocycles. The van der Waals surface area contributed by atoms with Gasteiger partial charge in [0.1, 0.15) is 10.8 Å². The smallest absolute Gasteiger partial charge is 0.123 e. The van der Waals surface area contributed by atoms with Gasteiger partial charge in [-0.3, -0.25) is 0 Å². The van der Waals surface area contributed by atoms with Crippen molar-refractivity contribution in [2.45, 2.75) is 9.92 Å². The van der Waals surface area contributed by atoms with E-state index in [0.717, 1.165) is 9.92 Å². The van der Waals surface area contributed by atoms with Gasteiger partial charge in [-0.05, 0) is 36.4 Å². The van der Waals surface area contributed by atoms with Crippen LogP contribution in [0.15, 0.2) is 52.5 Å². The molecule has 0 unspecified atom stereocenters. The first-order valence-corrected chi connectivity index (χ1v) is 5.20. The molecule has 15 heavy (non-hydrogen) atoms. The van der Waals surface area contributed by atoms with Gasteiger partial charge in [-0.25, -0.2) is 9.37 Å². The molecule has 76 valence electrons. The molecule has 2 rings (SSSR count). The van der Waals surface area contributed by atoms with Gasteiger partial charge in [-0.1, -0.05) is 11.8 Å². The second-order valence-electron chi connectivity index (χ2n) is 2.99. The van der Waals surface area contributed by atoms with E-state index in [1.165, 1.54) is 23.9 Å². The van der Waals surface area contributed by atoms with Crippen molar-refractivity contribution < 1.29 is 4.39 Å². The summed E-state index contributed by atoms with van der Waals surface area (Å²) in [6.07, 6.45) is 1.60. The summed E-state index contributed by atoms with van der Waals surface area (Å²) in [5, 5.41) is 0.843. The van der Waals surface area contributed by atoms with Crippen molar-refractivity contribution in [2.24, 2.45) is 0 Å². The van der Waals surface area contributed by atoms with E-state index in [1.807, 2.05) is 6.07 Å². The Morgan fingerprint density at radius 2 is 1.80 bits per heavy atom. The number of nitrogens with two attached hydrogens (primary N) is 1. The minimum atomic E-state index is -0.232.